The van der Waals surface area contributed by atoms with Gasteiger partial charge in [-0.1, -0.05) is 15.9 Å². The number of nitrogens with one attached hydrogen (secondary N) is 2. The molecule has 10 heteroatoms. The molecule has 8 nitrogen and oxygen atoms in total. The molecule has 1 unspecified atom stereocenters. The first-order chi connectivity index (χ1) is 16.4. The summed E-state index contributed by atoms with van der Waals surface area (Å²) in [4.78, 5) is 43.9. The van der Waals surface area contributed by atoms with Crippen molar-refractivity contribution in [3.05, 3.63) is 58.8 Å². The Balaban J connectivity index is 1.31. The number of carbonyl (C=O) groups excluding carboxylic acids is 3. The van der Waals surface area contributed by atoms with E-state index in [1.165, 1.54) is 17.0 Å². The smallest absolute Gasteiger partial charge is 0.243 e. The van der Waals surface area contributed by atoms with Gasteiger partial charge in [0.15, 0.2) is 0 Å². The highest BCUT2D eigenvalue weighted by molar-refractivity contribution is 9.10. The van der Waals surface area contributed by atoms with Gasteiger partial charge in [0.25, 0.3) is 0 Å². The zero-order valence-corrected chi connectivity index (χ0v) is 20.3. The molecule has 34 heavy (non-hydrogen) atoms. The summed E-state index contributed by atoms with van der Waals surface area (Å²) in [5.74, 6) is -1.06. The molecule has 2 heterocycles. The van der Waals surface area contributed by atoms with Crippen molar-refractivity contribution in [2.24, 2.45) is 0 Å². The summed E-state index contributed by atoms with van der Waals surface area (Å²) in [6.45, 7) is 3.73. The lowest BCUT2D eigenvalue weighted by atomic mass is 10.1. The monoisotopic (exact) mass is 531 g/mol. The van der Waals surface area contributed by atoms with Crippen molar-refractivity contribution < 1.29 is 18.8 Å². The number of anilines is 2. The Hall–Kier alpha value is -2.98. The van der Waals surface area contributed by atoms with Gasteiger partial charge >= 0.3 is 0 Å². The lowest BCUT2D eigenvalue weighted by Crippen LogP contribution is -2.60. The third-order valence-electron chi connectivity index (χ3n) is 6.08. The number of carbonyl (C=O) groups is 3. The van der Waals surface area contributed by atoms with Crippen LogP contribution in [-0.4, -0.2) is 79.4 Å². The fourth-order valence-corrected chi connectivity index (χ4v) is 4.50. The molecule has 0 aromatic heterocycles. The third kappa shape index (κ3) is 6.12. The summed E-state index contributed by atoms with van der Waals surface area (Å²) in [7, 11) is 0. The first-order valence-corrected chi connectivity index (χ1v) is 12.0. The predicted molar refractivity (Wildman–Crippen MR) is 131 cm³/mol. The van der Waals surface area contributed by atoms with E-state index in [0.717, 1.165) is 23.2 Å². The van der Waals surface area contributed by atoms with Crippen LogP contribution in [0.3, 0.4) is 0 Å². The second-order valence-corrected chi connectivity index (χ2v) is 9.31. The van der Waals surface area contributed by atoms with Gasteiger partial charge < -0.3 is 20.4 Å². The second kappa shape index (κ2) is 11.0. The van der Waals surface area contributed by atoms with Gasteiger partial charge in [-0.25, -0.2) is 4.39 Å². The van der Waals surface area contributed by atoms with E-state index >= 15 is 0 Å². The maximum atomic E-state index is 13.2. The van der Waals surface area contributed by atoms with Crippen LogP contribution in [0.2, 0.25) is 0 Å². The van der Waals surface area contributed by atoms with E-state index in [2.05, 4.69) is 31.5 Å². The Bertz CT molecular complexity index is 1030. The van der Waals surface area contributed by atoms with Crippen LogP contribution in [0.1, 0.15) is 6.42 Å². The topological polar surface area (TPSA) is 85.0 Å². The summed E-state index contributed by atoms with van der Waals surface area (Å²) in [5.41, 5.74) is 1.58. The summed E-state index contributed by atoms with van der Waals surface area (Å²) < 4.78 is 14.1. The average molecular weight is 532 g/mol. The van der Waals surface area contributed by atoms with Crippen LogP contribution in [0, 0.1) is 5.82 Å². The van der Waals surface area contributed by atoms with Crippen LogP contribution < -0.4 is 15.5 Å². The van der Waals surface area contributed by atoms with Crippen molar-refractivity contribution in [1.82, 2.24) is 15.1 Å². The first kappa shape index (κ1) is 24.2. The van der Waals surface area contributed by atoms with E-state index in [4.69, 9.17) is 0 Å². The number of piperazine rings is 2. The van der Waals surface area contributed by atoms with Crippen molar-refractivity contribution in [1.29, 1.82) is 0 Å². The Morgan fingerprint density at radius 1 is 1.00 bits per heavy atom. The minimum Gasteiger partial charge on any atom is -0.369 e. The molecule has 2 fully saturated rings. The maximum Gasteiger partial charge on any atom is 0.243 e. The molecule has 2 aliphatic rings. The Labute approximate surface area is 206 Å². The lowest BCUT2D eigenvalue weighted by Gasteiger charge is -2.39. The van der Waals surface area contributed by atoms with Gasteiger partial charge in [0.2, 0.25) is 17.7 Å². The number of halogens is 2. The van der Waals surface area contributed by atoms with Gasteiger partial charge in [-0.2, -0.15) is 0 Å². The molecule has 2 saturated heterocycles. The largest absolute Gasteiger partial charge is 0.369 e. The van der Waals surface area contributed by atoms with Crippen molar-refractivity contribution in [2.45, 2.75) is 12.5 Å². The number of rotatable bonds is 6. The molecule has 180 valence electrons. The van der Waals surface area contributed by atoms with Crippen LogP contribution in [0.4, 0.5) is 15.8 Å². The molecule has 0 spiro atoms. The fourth-order valence-electron chi connectivity index (χ4n) is 4.24. The number of nitrogens with zero attached hydrogens (tertiary/aromatic N) is 3. The Morgan fingerprint density at radius 3 is 2.35 bits per heavy atom. The molecule has 0 radical (unpaired) electrons. The summed E-state index contributed by atoms with van der Waals surface area (Å²) in [5, 5.41) is 5.54. The molecule has 0 bridgehead atoms. The molecule has 0 aliphatic carbocycles. The number of hydrogen-bond donors (Lipinski definition) is 2. The Kier molecular flexibility index (Phi) is 7.79. The van der Waals surface area contributed by atoms with E-state index in [1.807, 2.05) is 17.0 Å². The highest BCUT2D eigenvalue weighted by Crippen LogP contribution is 2.18. The van der Waals surface area contributed by atoms with Crippen molar-refractivity contribution in [3.8, 4) is 0 Å². The normalized spacial score (nSPS) is 19.0. The number of hydrogen-bond acceptors (Lipinski definition) is 5. The van der Waals surface area contributed by atoms with E-state index in [1.54, 1.807) is 24.3 Å². The third-order valence-corrected chi connectivity index (χ3v) is 6.61. The molecular weight excluding hydrogens is 505 g/mol. The van der Waals surface area contributed by atoms with Crippen LogP contribution in [0.25, 0.3) is 0 Å². The molecule has 2 N–H and O–H groups in total. The van der Waals surface area contributed by atoms with E-state index in [0.29, 0.717) is 31.9 Å². The molecule has 2 aromatic rings. The lowest BCUT2D eigenvalue weighted by molar-refractivity contribution is -0.145. The SMILES string of the molecule is O=C(CC1C(=O)NCCN1C(=O)CN1CCN(c2ccc(F)cc2)CC1)Nc1ccc(Br)cc1. The summed E-state index contributed by atoms with van der Waals surface area (Å²) >= 11 is 3.35. The average Bonchev–Trinajstić information content (AvgIpc) is 2.83. The molecule has 2 aromatic carbocycles. The highest BCUT2D eigenvalue weighted by Gasteiger charge is 2.35. The van der Waals surface area contributed by atoms with Gasteiger partial charge in [-0.15, -0.1) is 0 Å². The van der Waals surface area contributed by atoms with Crippen molar-refractivity contribution >= 4 is 45.0 Å². The summed E-state index contributed by atoms with van der Waals surface area (Å²) in [6, 6.07) is 12.7. The van der Waals surface area contributed by atoms with Gasteiger partial charge in [-0.05, 0) is 48.5 Å². The maximum absolute atomic E-state index is 13.2. The van der Waals surface area contributed by atoms with Crippen LogP contribution in [0.15, 0.2) is 53.0 Å². The second-order valence-electron chi connectivity index (χ2n) is 8.39. The van der Waals surface area contributed by atoms with Gasteiger partial charge in [0, 0.05) is 55.1 Å². The quantitative estimate of drug-likeness (QED) is 0.596. The number of amides is 3. The standard InChI is InChI=1S/C24H27BrFN5O3/c25-17-1-5-19(6-2-17)28-22(32)15-21-24(34)27-9-10-31(21)23(33)16-29-11-13-30(14-12-29)20-7-3-18(26)4-8-20/h1-8,21H,9-16H2,(H,27,34)(H,28,32). The van der Waals surface area contributed by atoms with E-state index in [9.17, 15) is 18.8 Å². The summed E-state index contributed by atoms with van der Waals surface area (Å²) in [6.07, 6.45) is -0.105. The molecular formula is C24H27BrFN5O3. The van der Waals surface area contributed by atoms with Crippen LogP contribution in [0.5, 0.6) is 0 Å². The molecule has 4 rings (SSSR count). The zero-order valence-electron chi connectivity index (χ0n) is 18.7. The van der Waals surface area contributed by atoms with Crippen LogP contribution in [-0.2, 0) is 14.4 Å². The van der Waals surface area contributed by atoms with E-state index < -0.39 is 6.04 Å². The molecule has 1 atom stereocenters. The van der Waals surface area contributed by atoms with Crippen molar-refractivity contribution in [3.63, 3.8) is 0 Å². The van der Waals surface area contributed by atoms with Crippen molar-refractivity contribution in [2.75, 3.05) is 56.0 Å². The van der Waals surface area contributed by atoms with Crippen LogP contribution >= 0.6 is 15.9 Å². The predicted octanol–water partition coefficient (Wildman–Crippen LogP) is 2.07. The Morgan fingerprint density at radius 2 is 1.68 bits per heavy atom. The first-order valence-electron chi connectivity index (χ1n) is 11.2. The number of benzene rings is 2. The minimum absolute atomic E-state index is 0.105. The molecule has 3 amide bonds. The fraction of sp³-hybridized carbons (Fsp3) is 0.375. The molecule has 0 saturated carbocycles. The minimum atomic E-state index is -0.836. The zero-order chi connectivity index (χ0) is 24.1. The molecule has 2 aliphatic heterocycles. The highest BCUT2D eigenvalue weighted by atomic mass is 79.9. The van der Waals surface area contributed by atoms with Gasteiger partial charge in [0.1, 0.15) is 11.9 Å². The van der Waals surface area contributed by atoms with E-state index in [-0.39, 0.29) is 36.5 Å². The van der Waals surface area contributed by atoms with Gasteiger partial charge in [0.05, 0.1) is 13.0 Å². The van der Waals surface area contributed by atoms with Gasteiger partial charge in [-0.3, -0.25) is 19.3 Å².